The fourth-order valence-corrected chi connectivity index (χ4v) is 2.56. The fourth-order valence-electron chi connectivity index (χ4n) is 2.56. The first-order valence-corrected chi connectivity index (χ1v) is 8.00. The van der Waals surface area contributed by atoms with Crippen LogP contribution in [-0.4, -0.2) is 23.0 Å². The summed E-state index contributed by atoms with van der Waals surface area (Å²) in [5.41, 5.74) is 3.22. The number of fused-ring (bicyclic) bond motifs is 1. The number of pyridine rings is 1. The molecule has 0 aliphatic rings. The van der Waals surface area contributed by atoms with Crippen LogP contribution in [0.25, 0.3) is 22.7 Å². The van der Waals surface area contributed by atoms with E-state index >= 15 is 0 Å². The van der Waals surface area contributed by atoms with Crippen LogP contribution in [-0.2, 0) is 0 Å². The largest absolute Gasteiger partial charge is 0.497 e. The lowest BCUT2D eigenvalue weighted by molar-refractivity contribution is 0.102. The Morgan fingerprint density at radius 3 is 2.69 bits per heavy atom. The van der Waals surface area contributed by atoms with Crippen molar-refractivity contribution in [3.05, 3.63) is 72.4 Å². The van der Waals surface area contributed by atoms with Gasteiger partial charge in [-0.15, -0.1) is 0 Å². The van der Waals surface area contributed by atoms with Crippen LogP contribution in [0.2, 0.25) is 0 Å². The zero-order chi connectivity index (χ0) is 17.9. The summed E-state index contributed by atoms with van der Waals surface area (Å²) in [4.78, 5) is 20.9. The Bertz CT molecular complexity index is 1040. The molecule has 0 aliphatic heterocycles. The maximum absolute atomic E-state index is 12.3. The van der Waals surface area contributed by atoms with Gasteiger partial charge in [0.15, 0.2) is 11.2 Å². The highest BCUT2D eigenvalue weighted by molar-refractivity contribution is 6.04. The molecular formula is C20H15N3O3. The van der Waals surface area contributed by atoms with Crippen molar-refractivity contribution >= 4 is 22.8 Å². The number of carbonyl (C=O) groups is 1. The molecule has 1 N–H and O–H groups in total. The molecule has 4 rings (SSSR count). The Kier molecular flexibility index (Phi) is 4.07. The molecule has 0 fully saturated rings. The average molecular weight is 345 g/mol. The second kappa shape index (κ2) is 6.68. The number of anilines is 1. The fraction of sp³-hybridized carbons (Fsp3) is 0.0500. The molecule has 2 heterocycles. The highest BCUT2D eigenvalue weighted by Gasteiger charge is 2.10. The van der Waals surface area contributed by atoms with E-state index in [1.54, 1.807) is 55.8 Å². The first-order valence-electron chi connectivity index (χ1n) is 8.00. The smallest absolute Gasteiger partial charge is 0.255 e. The lowest BCUT2D eigenvalue weighted by Crippen LogP contribution is -2.11. The molecule has 0 atom stereocenters. The quantitative estimate of drug-likeness (QED) is 0.601. The molecular weight excluding hydrogens is 330 g/mol. The normalized spacial score (nSPS) is 10.7. The van der Waals surface area contributed by atoms with Gasteiger partial charge in [-0.1, -0.05) is 6.07 Å². The molecule has 6 nitrogen and oxygen atoms in total. The number of aromatic nitrogens is 2. The summed E-state index contributed by atoms with van der Waals surface area (Å²) in [5, 5.41) is 2.86. The van der Waals surface area contributed by atoms with Crippen LogP contribution in [0.15, 0.2) is 71.3 Å². The molecule has 0 spiro atoms. The number of hydrogen-bond donors (Lipinski definition) is 1. The Balaban J connectivity index is 1.53. The summed E-state index contributed by atoms with van der Waals surface area (Å²) in [6, 6.07) is 17.9. The zero-order valence-corrected chi connectivity index (χ0v) is 14.0. The molecule has 0 aliphatic carbocycles. The van der Waals surface area contributed by atoms with Gasteiger partial charge in [0.05, 0.1) is 7.11 Å². The number of rotatable bonds is 4. The Hall–Kier alpha value is -3.67. The van der Waals surface area contributed by atoms with Crippen LogP contribution < -0.4 is 10.1 Å². The van der Waals surface area contributed by atoms with E-state index in [0.29, 0.717) is 34.1 Å². The molecule has 26 heavy (non-hydrogen) atoms. The summed E-state index contributed by atoms with van der Waals surface area (Å²) < 4.78 is 10.8. The molecule has 2 aromatic carbocycles. The predicted molar refractivity (Wildman–Crippen MR) is 98.2 cm³/mol. The highest BCUT2D eigenvalue weighted by Crippen LogP contribution is 2.24. The van der Waals surface area contributed by atoms with E-state index in [9.17, 15) is 4.79 Å². The first kappa shape index (κ1) is 15.8. The number of amides is 1. The molecule has 0 saturated carbocycles. The lowest BCUT2D eigenvalue weighted by atomic mass is 10.1. The third-order valence-electron chi connectivity index (χ3n) is 3.89. The van der Waals surface area contributed by atoms with Gasteiger partial charge in [0.2, 0.25) is 5.89 Å². The van der Waals surface area contributed by atoms with Crippen LogP contribution in [0.5, 0.6) is 5.75 Å². The maximum atomic E-state index is 12.3. The van der Waals surface area contributed by atoms with E-state index in [4.69, 9.17) is 9.15 Å². The molecule has 0 radical (unpaired) electrons. The standard InChI is InChI=1S/C20H15N3O3/c1-25-16-5-2-4-14(12-16)19(24)22-15-9-7-13(8-10-15)20-23-18-17(26-20)6-3-11-21-18/h2-12H,1H3,(H,22,24). The minimum atomic E-state index is -0.206. The van der Waals surface area contributed by atoms with Crippen molar-refractivity contribution in [3.8, 4) is 17.2 Å². The van der Waals surface area contributed by atoms with Crippen molar-refractivity contribution < 1.29 is 13.9 Å². The van der Waals surface area contributed by atoms with Crippen LogP contribution >= 0.6 is 0 Å². The molecule has 1 amide bonds. The van der Waals surface area contributed by atoms with Crippen molar-refractivity contribution in [1.82, 2.24) is 9.97 Å². The lowest BCUT2D eigenvalue weighted by Gasteiger charge is -2.07. The SMILES string of the molecule is COc1cccc(C(=O)Nc2ccc(-c3nc4ncccc4o3)cc2)c1. The Labute approximate surface area is 149 Å². The van der Waals surface area contributed by atoms with E-state index in [-0.39, 0.29) is 5.91 Å². The number of oxazole rings is 1. The minimum Gasteiger partial charge on any atom is -0.497 e. The van der Waals surface area contributed by atoms with Gasteiger partial charge in [-0.25, -0.2) is 4.98 Å². The van der Waals surface area contributed by atoms with Crippen molar-refractivity contribution in [2.24, 2.45) is 0 Å². The van der Waals surface area contributed by atoms with Crippen LogP contribution in [0.1, 0.15) is 10.4 Å². The summed E-state index contributed by atoms with van der Waals surface area (Å²) in [6.45, 7) is 0. The third-order valence-corrected chi connectivity index (χ3v) is 3.89. The van der Waals surface area contributed by atoms with Crippen LogP contribution in [0.3, 0.4) is 0 Å². The zero-order valence-electron chi connectivity index (χ0n) is 14.0. The number of nitrogens with one attached hydrogen (secondary N) is 1. The van der Waals surface area contributed by atoms with E-state index in [1.165, 1.54) is 0 Å². The first-order chi connectivity index (χ1) is 12.7. The Morgan fingerprint density at radius 1 is 1.08 bits per heavy atom. The second-order valence-corrected chi connectivity index (χ2v) is 5.61. The van der Waals surface area contributed by atoms with Gasteiger partial charge >= 0.3 is 0 Å². The van der Waals surface area contributed by atoms with Crippen LogP contribution in [0, 0.1) is 0 Å². The van der Waals surface area contributed by atoms with Crippen molar-refractivity contribution in [1.29, 1.82) is 0 Å². The van der Waals surface area contributed by atoms with E-state index < -0.39 is 0 Å². The number of carbonyl (C=O) groups excluding carboxylic acids is 1. The summed E-state index contributed by atoms with van der Waals surface area (Å²) >= 11 is 0. The third kappa shape index (κ3) is 3.12. The number of nitrogens with zero attached hydrogens (tertiary/aromatic N) is 2. The van der Waals surface area contributed by atoms with Crippen molar-refractivity contribution in [2.45, 2.75) is 0 Å². The van der Waals surface area contributed by atoms with Crippen LogP contribution in [0.4, 0.5) is 5.69 Å². The van der Waals surface area contributed by atoms with Gasteiger partial charge in [0.25, 0.3) is 5.91 Å². The minimum absolute atomic E-state index is 0.206. The average Bonchev–Trinajstić information content (AvgIpc) is 3.13. The number of benzene rings is 2. The topological polar surface area (TPSA) is 77.2 Å². The van der Waals surface area contributed by atoms with E-state index in [2.05, 4.69) is 15.3 Å². The molecule has 0 unspecified atom stereocenters. The van der Waals surface area contributed by atoms with Gasteiger partial charge < -0.3 is 14.5 Å². The predicted octanol–water partition coefficient (Wildman–Crippen LogP) is 4.15. The molecule has 0 saturated heterocycles. The van der Waals surface area contributed by atoms with E-state index in [0.717, 1.165) is 5.56 Å². The molecule has 0 bridgehead atoms. The van der Waals surface area contributed by atoms with Crippen molar-refractivity contribution in [3.63, 3.8) is 0 Å². The molecule has 2 aromatic heterocycles. The molecule has 4 aromatic rings. The Morgan fingerprint density at radius 2 is 1.92 bits per heavy atom. The van der Waals surface area contributed by atoms with Crippen molar-refractivity contribution in [2.75, 3.05) is 12.4 Å². The molecule has 128 valence electrons. The summed E-state index contributed by atoms with van der Waals surface area (Å²) in [5.74, 6) is 0.921. The van der Waals surface area contributed by atoms with Gasteiger partial charge in [-0.2, -0.15) is 4.98 Å². The van der Waals surface area contributed by atoms with Gasteiger partial charge in [-0.3, -0.25) is 4.79 Å². The number of methoxy groups -OCH3 is 1. The van der Waals surface area contributed by atoms with Gasteiger partial charge in [-0.05, 0) is 54.6 Å². The van der Waals surface area contributed by atoms with Gasteiger partial charge in [0, 0.05) is 23.0 Å². The van der Waals surface area contributed by atoms with Gasteiger partial charge in [0.1, 0.15) is 5.75 Å². The highest BCUT2D eigenvalue weighted by atomic mass is 16.5. The maximum Gasteiger partial charge on any atom is 0.255 e. The molecule has 6 heteroatoms. The monoisotopic (exact) mass is 345 g/mol. The summed E-state index contributed by atoms with van der Waals surface area (Å²) in [6.07, 6.45) is 1.67. The number of hydrogen-bond acceptors (Lipinski definition) is 5. The summed E-state index contributed by atoms with van der Waals surface area (Å²) in [7, 11) is 1.57. The number of ether oxygens (including phenoxy) is 1. The second-order valence-electron chi connectivity index (χ2n) is 5.61. The van der Waals surface area contributed by atoms with E-state index in [1.807, 2.05) is 18.2 Å².